The van der Waals surface area contributed by atoms with Gasteiger partial charge in [-0.05, 0) is 18.2 Å². The van der Waals surface area contributed by atoms with Gasteiger partial charge in [0.15, 0.2) is 0 Å². The molecule has 9 heteroatoms. The molecule has 1 amide bonds. The Morgan fingerprint density at radius 2 is 1.90 bits per heavy atom. The van der Waals surface area contributed by atoms with Crippen LogP contribution in [0.25, 0.3) is 0 Å². The van der Waals surface area contributed by atoms with E-state index in [0.29, 0.717) is 6.07 Å². The number of likely N-dealkylation sites (N-methyl/N-ethyl adjacent to an activating group) is 1. The molecule has 0 aromatic heterocycles. The van der Waals surface area contributed by atoms with E-state index in [0.717, 1.165) is 23.1 Å². The van der Waals surface area contributed by atoms with E-state index in [4.69, 9.17) is 0 Å². The second-order valence-electron chi connectivity index (χ2n) is 4.14. The van der Waals surface area contributed by atoms with E-state index in [1.54, 1.807) is 0 Å². The smallest absolute Gasteiger partial charge is 0.348 e. The van der Waals surface area contributed by atoms with Crippen LogP contribution in [-0.2, 0) is 21.0 Å². The molecule has 112 valence electrons. The number of amides is 1. The fourth-order valence-electron chi connectivity index (χ4n) is 1.24. The lowest BCUT2D eigenvalue weighted by Crippen LogP contribution is -2.36. The van der Waals surface area contributed by atoms with Crippen molar-refractivity contribution in [1.82, 2.24) is 9.62 Å². The van der Waals surface area contributed by atoms with Gasteiger partial charge in [0.1, 0.15) is 0 Å². The third-order valence-corrected chi connectivity index (χ3v) is 3.78. The number of carbonyl (C=O) groups excluding carboxylic acids is 1. The maximum Gasteiger partial charge on any atom is 0.416 e. The first-order valence-corrected chi connectivity index (χ1v) is 6.89. The van der Waals surface area contributed by atoms with E-state index in [-0.39, 0.29) is 0 Å². The molecule has 5 nitrogen and oxygen atoms in total. The summed E-state index contributed by atoms with van der Waals surface area (Å²) in [4.78, 5) is 11.9. The highest BCUT2D eigenvalue weighted by atomic mass is 32.2. The van der Waals surface area contributed by atoms with Gasteiger partial charge in [0.25, 0.3) is 0 Å². The van der Waals surface area contributed by atoms with Gasteiger partial charge in [0.2, 0.25) is 15.9 Å². The van der Waals surface area contributed by atoms with Crippen molar-refractivity contribution in [3.05, 3.63) is 29.8 Å². The van der Waals surface area contributed by atoms with Crippen molar-refractivity contribution in [3.63, 3.8) is 0 Å². The highest BCUT2D eigenvalue weighted by Gasteiger charge is 2.31. The van der Waals surface area contributed by atoms with Crippen molar-refractivity contribution >= 4 is 15.9 Å². The molecule has 0 bridgehead atoms. The van der Waals surface area contributed by atoms with E-state index in [1.165, 1.54) is 14.1 Å². The molecule has 0 fully saturated rings. The Balaban J connectivity index is 2.96. The predicted octanol–water partition coefficient (Wildman–Crippen LogP) is 1.07. The first-order chi connectivity index (χ1) is 9.04. The Kier molecular flexibility index (Phi) is 4.77. The second-order valence-corrected chi connectivity index (χ2v) is 5.91. The number of rotatable bonds is 4. The van der Waals surface area contributed by atoms with Crippen LogP contribution >= 0.6 is 0 Å². The number of sulfonamides is 1. The van der Waals surface area contributed by atoms with E-state index in [1.807, 2.05) is 4.72 Å². The van der Waals surface area contributed by atoms with Crippen LogP contribution in [0.15, 0.2) is 29.2 Å². The standard InChI is InChI=1S/C11H13F3N2O3S/c1-16(2)10(17)7-15-20(18,19)9-5-3-4-8(6-9)11(12,13)14/h3-6,15H,7H2,1-2H3. The largest absolute Gasteiger partial charge is 0.416 e. The van der Waals surface area contributed by atoms with Crippen molar-refractivity contribution in [3.8, 4) is 0 Å². The van der Waals surface area contributed by atoms with Crippen molar-refractivity contribution in [2.75, 3.05) is 20.6 Å². The van der Waals surface area contributed by atoms with Crippen LogP contribution in [0, 0.1) is 0 Å². The van der Waals surface area contributed by atoms with Gasteiger partial charge in [-0.1, -0.05) is 6.07 Å². The lowest BCUT2D eigenvalue weighted by Gasteiger charge is -2.12. The Bertz CT molecular complexity index is 597. The minimum absolute atomic E-state index is 0.513. The summed E-state index contributed by atoms with van der Waals surface area (Å²) < 4.78 is 63.0. The van der Waals surface area contributed by atoms with Crippen LogP contribution < -0.4 is 4.72 Å². The van der Waals surface area contributed by atoms with E-state index >= 15 is 0 Å². The van der Waals surface area contributed by atoms with Crippen molar-refractivity contribution in [1.29, 1.82) is 0 Å². The molecule has 1 aromatic carbocycles. The Morgan fingerprint density at radius 3 is 2.40 bits per heavy atom. The predicted molar refractivity (Wildman–Crippen MR) is 65.3 cm³/mol. The summed E-state index contributed by atoms with van der Waals surface area (Å²) in [5.41, 5.74) is -1.07. The molecule has 1 aromatic rings. The lowest BCUT2D eigenvalue weighted by atomic mass is 10.2. The van der Waals surface area contributed by atoms with Crippen molar-refractivity contribution < 1.29 is 26.4 Å². The van der Waals surface area contributed by atoms with Crippen LogP contribution in [0.1, 0.15) is 5.56 Å². The maximum absolute atomic E-state index is 12.5. The quantitative estimate of drug-likeness (QED) is 0.905. The molecular weight excluding hydrogens is 297 g/mol. The number of hydrogen-bond acceptors (Lipinski definition) is 3. The first kappa shape index (κ1) is 16.4. The highest BCUT2D eigenvalue weighted by Crippen LogP contribution is 2.30. The summed E-state index contributed by atoms with van der Waals surface area (Å²) in [6, 6.07) is 3.30. The van der Waals surface area contributed by atoms with Gasteiger partial charge in [-0.15, -0.1) is 0 Å². The SMILES string of the molecule is CN(C)C(=O)CNS(=O)(=O)c1cccc(C(F)(F)F)c1. The van der Waals surface area contributed by atoms with Gasteiger partial charge in [0, 0.05) is 14.1 Å². The monoisotopic (exact) mass is 310 g/mol. The van der Waals surface area contributed by atoms with Crippen molar-refractivity contribution in [2.24, 2.45) is 0 Å². The summed E-state index contributed by atoms with van der Waals surface area (Å²) >= 11 is 0. The zero-order valence-electron chi connectivity index (χ0n) is 10.7. The van der Waals surface area contributed by atoms with Crippen LogP contribution in [-0.4, -0.2) is 39.9 Å². The van der Waals surface area contributed by atoms with Crippen LogP contribution in [0.5, 0.6) is 0 Å². The average molecular weight is 310 g/mol. The zero-order valence-corrected chi connectivity index (χ0v) is 11.5. The van der Waals surface area contributed by atoms with E-state index in [2.05, 4.69) is 0 Å². The lowest BCUT2D eigenvalue weighted by molar-refractivity contribution is -0.137. The highest BCUT2D eigenvalue weighted by molar-refractivity contribution is 7.89. The Labute approximate surface area is 114 Å². The van der Waals surface area contributed by atoms with E-state index in [9.17, 15) is 26.4 Å². The van der Waals surface area contributed by atoms with Gasteiger partial charge < -0.3 is 4.90 Å². The minimum atomic E-state index is -4.63. The fourth-order valence-corrected chi connectivity index (χ4v) is 2.26. The number of nitrogens with zero attached hydrogens (tertiary/aromatic N) is 1. The molecule has 0 unspecified atom stereocenters. The molecule has 0 saturated carbocycles. The number of halogens is 3. The number of alkyl halides is 3. The zero-order chi connectivity index (χ0) is 15.6. The number of nitrogens with one attached hydrogen (secondary N) is 1. The molecule has 0 spiro atoms. The summed E-state index contributed by atoms with van der Waals surface area (Å²) in [5.74, 6) is -0.513. The Hall–Kier alpha value is -1.61. The first-order valence-electron chi connectivity index (χ1n) is 5.41. The van der Waals surface area contributed by atoms with E-state index < -0.39 is 39.1 Å². The van der Waals surface area contributed by atoms with Gasteiger partial charge in [0.05, 0.1) is 17.0 Å². The van der Waals surface area contributed by atoms with Crippen LogP contribution in [0.4, 0.5) is 13.2 Å². The van der Waals surface area contributed by atoms with Gasteiger partial charge in [-0.3, -0.25) is 4.79 Å². The molecule has 0 heterocycles. The second kappa shape index (κ2) is 5.80. The summed E-state index contributed by atoms with van der Waals surface area (Å²) in [6.45, 7) is -0.522. The molecule has 20 heavy (non-hydrogen) atoms. The normalized spacial score (nSPS) is 12.2. The molecular formula is C11H13F3N2O3S. The molecule has 0 atom stereocenters. The molecule has 1 rings (SSSR count). The van der Waals surface area contributed by atoms with Crippen LogP contribution in [0.3, 0.4) is 0 Å². The summed E-state index contributed by atoms with van der Waals surface area (Å²) in [6.07, 6.45) is -4.63. The topological polar surface area (TPSA) is 66.5 Å². The number of benzene rings is 1. The molecule has 0 aliphatic heterocycles. The summed E-state index contributed by atoms with van der Waals surface area (Å²) in [5, 5.41) is 0. The van der Waals surface area contributed by atoms with Gasteiger partial charge in [-0.2, -0.15) is 13.2 Å². The fraction of sp³-hybridized carbons (Fsp3) is 0.364. The summed E-state index contributed by atoms with van der Waals surface area (Å²) in [7, 11) is -1.31. The van der Waals surface area contributed by atoms with Crippen molar-refractivity contribution in [2.45, 2.75) is 11.1 Å². The van der Waals surface area contributed by atoms with Gasteiger partial charge >= 0.3 is 6.18 Å². The Morgan fingerprint density at radius 1 is 1.30 bits per heavy atom. The number of carbonyl (C=O) groups is 1. The molecule has 0 aliphatic rings. The number of hydrogen-bond donors (Lipinski definition) is 1. The maximum atomic E-state index is 12.5. The van der Waals surface area contributed by atoms with Gasteiger partial charge in [-0.25, -0.2) is 13.1 Å². The molecule has 0 saturated heterocycles. The molecule has 0 radical (unpaired) electrons. The molecule has 0 aliphatic carbocycles. The molecule has 1 N–H and O–H groups in total. The average Bonchev–Trinajstić information content (AvgIpc) is 2.35. The minimum Gasteiger partial charge on any atom is -0.348 e. The van der Waals surface area contributed by atoms with Crippen LogP contribution in [0.2, 0.25) is 0 Å². The third kappa shape index (κ3) is 4.20. The third-order valence-electron chi connectivity index (χ3n) is 2.38.